The SMILES string of the molecule is OB(O)O.[Ce].[LiH].[NaH].[Y]. The molecule has 8 heteroatoms. The third kappa shape index (κ3) is 50.4. The molecule has 0 aliphatic rings. The van der Waals surface area contributed by atoms with Gasteiger partial charge in [0.25, 0.3) is 0 Å². The first kappa shape index (κ1) is 29.6. The Hall–Kier alpha value is 4.02. The molecule has 0 aliphatic heterocycles. The van der Waals surface area contributed by atoms with Crippen LogP contribution >= 0.6 is 0 Å². The first-order valence-electron chi connectivity index (χ1n) is 0.775. The fourth-order valence-corrected chi connectivity index (χ4v) is 0. The van der Waals surface area contributed by atoms with Crippen molar-refractivity contribution in [3.05, 3.63) is 0 Å². The van der Waals surface area contributed by atoms with Gasteiger partial charge in [-0.1, -0.05) is 0 Å². The van der Waals surface area contributed by atoms with Gasteiger partial charge in [-0.3, -0.25) is 0 Å². The average molecular weight is 323 g/mol. The van der Waals surface area contributed by atoms with E-state index < -0.39 is 7.32 Å². The predicted molar refractivity (Wildman–Crippen MR) is 26.7 cm³/mol. The van der Waals surface area contributed by atoms with E-state index in [1.807, 2.05) is 0 Å². The van der Waals surface area contributed by atoms with Crippen LogP contribution in [-0.2, 0) is 32.7 Å². The molecule has 0 spiro atoms. The van der Waals surface area contributed by atoms with Crippen molar-refractivity contribution >= 4 is 55.7 Å². The zero-order valence-corrected chi connectivity index (χ0v) is 8.97. The van der Waals surface area contributed by atoms with Crippen molar-refractivity contribution in [3.63, 3.8) is 0 Å². The summed E-state index contributed by atoms with van der Waals surface area (Å²) < 4.78 is 0. The first-order valence-corrected chi connectivity index (χ1v) is 0.775. The molecule has 3 N–H and O–H groups in total. The van der Waals surface area contributed by atoms with E-state index in [-0.39, 0.29) is 123 Å². The van der Waals surface area contributed by atoms with Crippen molar-refractivity contribution in [2.75, 3.05) is 0 Å². The molecular formula is H5BCeLiNaO3Y. The topological polar surface area (TPSA) is 60.7 Å². The van der Waals surface area contributed by atoms with Crippen molar-refractivity contribution in [1.82, 2.24) is 0 Å². The van der Waals surface area contributed by atoms with Crippen molar-refractivity contribution in [2.45, 2.75) is 0 Å². The Morgan fingerprint density at radius 1 is 1.00 bits per heavy atom. The zero-order chi connectivity index (χ0) is 3.58. The fourth-order valence-electron chi connectivity index (χ4n) is 0. The van der Waals surface area contributed by atoms with Gasteiger partial charge in [0, 0.05) is 74.5 Å². The first-order chi connectivity index (χ1) is 1.73. The molecule has 0 saturated carbocycles. The molecule has 0 aromatic carbocycles. The Morgan fingerprint density at radius 2 is 1.00 bits per heavy atom. The van der Waals surface area contributed by atoms with Crippen molar-refractivity contribution in [3.8, 4) is 0 Å². The minimum absolute atomic E-state index is 0. The van der Waals surface area contributed by atoms with Crippen LogP contribution in [0.15, 0.2) is 0 Å². The summed E-state index contributed by atoms with van der Waals surface area (Å²) in [6.45, 7) is 0. The van der Waals surface area contributed by atoms with E-state index >= 15 is 0 Å². The minimum Gasteiger partial charge on any atom is 0 e. The van der Waals surface area contributed by atoms with Crippen molar-refractivity contribution < 1.29 is 89.5 Å². The molecule has 35 valence electrons. The fraction of sp³-hybridized carbons (Fsp3) is 0. The van der Waals surface area contributed by atoms with Crippen molar-refractivity contribution in [2.24, 2.45) is 0 Å². The number of rotatable bonds is 0. The van der Waals surface area contributed by atoms with Gasteiger partial charge < -0.3 is 15.1 Å². The third-order valence-electron chi connectivity index (χ3n) is 0. The molecule has 0 bridgehead atoms. The molecule has 0 amide bonds. The summed E-state index contributed by atoms with van der Waals surface area (Å²) in [7, 11) is -2.17. The van der Waals surface area contributed by atoms with Crippen LogP contribution in [0.1, 0.15) is 0 Å². The van der Waals surface area contributed by atoms with Gasteiger partial charge >= 0.3 is 55.7 Å². The van der Waals surface area contributed by atoms with Crippen LogP contribution in [0.5, 0.6) is 0 Å². The van der Waals surface area contributed by atoms with E-state index in [2.05, 4.69) is 0 Å². The number of hydrogen-bond acceptors (Lipinski definition) is 3. The largest absolute Gasteiger partial charge is 0 e. The third-order valence-corrected chi connectivity index (χ3v) is 0. The van der Waals surface area contributed by atoms with E-state index in [0.29, 0.717) is 0 Å². The maximum Gasteiger partial charge on any atom is 0 e. The van der Waals surface area contributed by atoms with Gasteiger partial charge in [0.2, 0.25) is 0 Å². The predicted octanol–water partition coefficient (Wildman–Crippen LogP) is -3.35. The minimum atomic E-state index is -2.17. The second-order valence-electron chi connectivity index (χ2n) is 0.346. The second kappa shape index (κ2) is 22.5. The molecule has 0 rings (SSSR count). The second-order valence-corrected chi connectivity index (χ2v) is 0.346. The van der Waals surface area contributed by atoms with Gasteiger partial charge in [0.05, 0.1) is 0 Å². The number of hydrogen-bond donors (Lipinski definition) is 3. The van der Waals surface area contributed by atoms with E-state index in [9.17, 15) is 0 Å². The molecule has 0 heterocycles. The summed E-state index contributed by atoms with van der Waals surface area (Å²) in [4.78, 5) is 0. The maximum atomic E-state index is 7.17. The van der Waals surface area contributed by atoms with Crippen molar-refractivity contribution in [1.29, 1.82) is 0 Å². The van der Waals surface area contributed by atoms with Crippen LogP contribution in [0.2, 0.25) is 0 Å². The molecule has 0 fully saturated rings. The molecular weight excluding hydrogens is 318 g/mol. The molecule has 0 unspecified atom stereocenters. The Morgan fingerprint density at radius 3 is 1.00 bits per heavy atom. The van der Waals surface area contributed by atoms with Crippen LogP contribution in [0.3, 0.4) is 0 Å². The van der Waals surface area contributed by atoms with E-state index in [0.717, 1.165) is 0 Å². The Balaban J connectivity index is -0.00000000750. The van der Waals surface area contributed by atoms with Gasteiger partial charge in [-0.2, -0.15) is 0 Å². The molecule has 0 aliphatic carbocycles. The summed E-state index contributed by atoms with van der Waals surface area (Å²) in [5.41, 5.74) is 0. The van der Waals surface area contributed by atoms with Gasteiger partial charge in [-0.05, 0) is 0 Å². The summed E-state index contributed by atoms with van der Waals surface area (Å²) in [5, 5.41) is 21.5. The smallest absolute Gasteiger partial charge is 0 e. The van der Waals surface area contributed by atoms with Crippen LogP contribution in [0.25, 0.3) is 0 Å². The van der Waals surface area contributed by atoms with Crippen LogP contribution < -0.4 is 0 Å². The molecule has 0 aromatic heterocycles. The standard InChI is InChI=1S/BH3O3.Ce.Li.Na.Y.2H/c2-1(3)4;;;;;;/h2-4H;;;;;;. The Kier molecular flexibility index (Phi) is 83.1. The van der Waals surface area contributed by atoms with E-state index in [1.165, 1.54) is 0 Å². The monoisotopic (exact) mass is 323 g/mol. The molecule has 0 saturated heterocycles. The van der Waals surface area contributed by atoms with Crippen LogP contribution in [0.4, 0.5) is 0 Å². The molecule has 0 aromatic rings. The van der Waals surface area contributed by atoms with Gasteiger partial charge in [0.1, 0.15) is 0 Å². The summed E-state index contributed by atoms with van der Waals surface area (Å²) >= 11 is 0. The van der Waals surface area contributed by atoms with Crippen LogP contribution in [-0.4, -0.2) is 70.8 Å². The molecule has 0 atom stereocenters. The van der Waals surface area contributed by atoms with Crippen LogP contribution in [0, 0.1) is 41.7 Å². The zero-order valence-electron chi connectivity index (χ0n) is 3.00. The quantitative estimate of drug-likeness (QED) is 0.409. The maximum absolute atomic E-state index is 7.17. The van der Waals surface area contributed by atoms with E-state index in [1.54, 1.807) is 0 Å². The molecule has 8 heavy (non-hydrogen) atoms. The van der Waals surface area contributed by atoms with Gasteiger partial charge in [0.15, 0.2) is 0 Å². The van der Waals surface area contributed by atoms with Gasteiger partial charge in [-0.25, -0.2) is 0 Å². The Bertz CT molecular complexity index is 24.0. The molecule has 1 radical (unpaired) electrons. The summed E-state index contributed by atoms with van der Waals surface area (Å²) in [5.74, 6) is 0. The molecule has 3 nitrogen and oxygen atoms in total. The summed E-state index contributed by atoms with van der Waals surface area (Å²) in [6.07, 6.45) is 0. The average Bonchev–Trinajstić information content (AvgIpc) is 0.811. The van der Waals surface area contributed by atoms with E-state index in [4.69, 9.17) is 15.1 Å². The normalized spacial score (nSPS) is 3.38. The van der Waals surface area contributed by atoms with Gasteiger partial charge in [-0.15, -0.1) is 0 Å². The summed E-state index contributed by atoms with van der Waals surface area (Å²) in [6, 6.07) is 0. The Labute approximate surface area is 142 Å².